The number of ether oxygens (including phenoxy) is 1. The van der Waals surface area contributed by atoms with Gasteiger partial charge in [-0.1, -0.05) is 12.1 Å². The van der Waals surface area contributed by atoms with Gasteiger partial charge in [0.15, 0.2) is 0 Å². The quantitative estimate of drug-likeness (QED) is 0.910. The molecule has 2 rings (SSSR count). The van der Waals surface area contributed by atoms with Gasteiger partial charge >= 0.3 is 6.09 Å². The van der Waals surface area contributed by atoms with Gasteiger partial charge in [0, 0.05) is 18.3 Å². The summed E-state index contributed by atoms with van der Waals surface area (Å²) in [7, 11) is 4.07. The van der Waals surface area contributed by atoms with E-state index in [2.05, 4.69) is 17.1 Å². The number of carbonyl (C=O) groups is 2. The summed E-state index contributed by atoms with van der Waals surface area (Å²) in [5.74, 6) is -0.0979. The third kappa shape index (κ3) is 4.95. The van der Waals surface area contributed by atoms with E-state index in [1.807, 2.05) is 38.4 Å². The molecule has 2 amide bonds. The first-order chi connectivity index (χ1) is 11.6. The van der Waals surface area contributed by atoms with Crippen molar-refractivity contribution in [1.82, 2.24) is 10.2 Å². The second kappa shape index (κ2) is 7.44. The molecule has 6 nitrogen and oxygen atoms in total. The Morgan fingerprint density at radius 3 is 2.40 bits per heavy atom. The Kier molecular flexibility index (Phi) is 5.72. The molecule has 1 aliphatic heterocycles. The maximum atomic E-state index is 12.6. The summed E-state index contributed by atoms with van der Waals surface area (Å²) >= 11 is 0. The van der Waals surface area contributed by atoms with Crippen molar-refractivity contribution in [1.29, 1.82) is 0 Å². The zero-order valence-electron chi connectivity index (χ0n) is 16.0. The molecule has 1 aliphatic rings. The van der Waals surface area contributed by atoms with Gasteiger partial charge in [-0.3, -0.25) is 4.79 Å². The maximum absolute atomic E-state index is 12.6. The molecular formula is C19H29N3O3. The number of alkyl carbamates (subject to hydrolysis) is 1. The first kappa shape index (κ1) is 19.2. The second-order valence-electron chi connectivity index (χ2n) is 7.71. The van der Waals surface area contributed by atoms with Crippen molar-refractivity contribution < 1.29 is 14.3 Å². The van der Waals surface area contributed by atoms with Crippen molar-refractivity contribution in [3.05, 3.63) is 29.8 Å². The predicted octanol–water partition coefficient (Wildman–Crippen LogP) is 2.94. The standard InChI is InChI=1S/C19H29N3O3/c1-13(21(5)6)14-7-9-15(10-8-14)22-12-11-16(17(22)23)20-18(24)25-19(2,3)4/h7-10,13,16H,11-12H2,1-6H3,(H,20,24)/t13-,16-/m0/s1. The third-order valence-electron chi connectivity index (χ3n) is 4.36. The minimum absolute atomic E-state index is 0.0979. The number of hydrogen-bond donors (Lipinski definition) is 1. The number of nitrogens with zero attached hydrogens (tertiary/aromatic N) is 2. The maximum Gasteiger partial charge on any atom is 0.408 e. The van der Waals surface area contributed by atoms with E-state index in [1.54, 1.807) is 25.7 Å². The molecule has 0 spiro atoms. The van der Waals surface area contributed by atoms with Crippen LogP contribution in [-0.4, -0.2) is 49.2 Å². The number of hydrogen-bond acceptors (Lipinski definition) is 4. The fraction of sp³-hybridized carbons (Fsp3) is 0.579. The van der Waals surface area contributed by atoms with Gasteiger partial charge in [0.2, 0.25) is 5.91 Å². The highest BCUT2D eigenvalue weighted by Gasteiger charge is 2.34. The van der Waals surface area contributed by atoms with E-state index in [0.29, 0.717) is 19.0 Å². The molecule has 2 atom stereocenters. The average molecular weight is 347 g/mol. The molecule has 0 saturated carbocycles. The van der Waals surface area contributed by atoms with Crippen LogP contribution in [0.2, 0.25) is 0 Å². The summed E-state index contributed by atoms with van der Waals surface area (Å²) in [6.45, 7) is 8.11. The third-order valence-corrected chi connectivity index (χ3v) is 4.36. The molecule has 0 radical (unpaired) electrons. The van der Waals surface area contributed by atoms with Crippen molar-refractivity contribution >= 4 is 17.7 Å². The average Bonchev–Trinajstić information content (AvgIpc) is 2.85. The lowest BCUT2D eigenvalue weighted by Crippen LogP contribution is -2.43. The van der Waals surface area contributed by atoms with Crippen LogP contribution in [0.1, 0.15) is 45.7 Å². The van der Waals surface area contributed by atoms with Gasteiger partial charge in [-0.15, -0.1) is 0 Å². The molecule has 25 heavy (non-hydrogen) atoms. The Morgan fingerprint density at radius 1 is 1.28 bits per heavy atom. The summed E-state index contributed by atoms with van der Waals surface area (Å²) in [5.41, 5.74) is 1.47. The first-order valence-electron chi connectivity index (χ1n) is 8.66. The zero-order chi connectivity index (χ0) is 18.8. The van der Waals surface area contributed by atoms with Gasteiger partial charge in [0.05, 0.1) is 0 Å². The predicted molar refractivity (Wildman–Crippen MR) is 98.7 cm³/mol. The van der Waals surface area contributed by atoms with Crippen LogP contribution in [0.4, 0.5) is 10.5 Å². The second-order valence-corrected chi connectivity index (χ2v) is 7.71. The lowest BCUT2D eigenvalue weighted by molar-refractivity contribution is -0.118. The summed E-state index contributed by atoms with van der Waals surface area (Å²) < 4.78 is 5.23. The first-order valence-corrected chi connectivity index (χ1v) is 8.66. The van der Waals surface area contributed by atoms with E-state index >= 15 is 0 Å². The number of rotatable bonds is 4. The van der Waals surface area contributed by atoms with E-state index in [1.165, 1.54) is 5.56 Å². The lowest BCUT2D eigenvalue weighted by atomic mass is 10.1. The number of anilines is 1. The van der Waals surface area contributed by atoms with Gasteiger partial charge < -0.3 is 19.9 Å². The molecule has 6 heteroatoms. The fourth-order valence-corrected chi connectivity index (χ4v) is 2.75. The van der Waals surface area contributed by atoms with Crippen LogP contribution in [-0.2, 0) is 9.53 Å². The van der Waals surface area contributed by atoms with Crippen LogP contribution in [0.5, 0.6) is 0 Å². The molecule has 1 saturated heterocycles. The largest absolute Gasteiger partial charge is 0.444 e. The van der Waals surface area contributed by atoms with Gasteiger partial charge in [0.1, 0.15) is 11.6 Å². The minimum Gasteiger partial charge on any atom is -0.444 e. The number of carbonyl (C=O) groups excluding carboxylic acids is 2. The molecule has 1 N–H and O–H groups in total. The Labute approximate surface area is 150 Å². The fourth-order valence-electron chi connectivity index (χ4n) is 2.75. The lowest BCUT2D eigenvalue weighted by Gasteiger charge is -2.23. The highest BCUT2D eigenvalue weighted by Crippen LogP contribution is 2.25. The van der Waals surface area contributed by atoms with Crippen LogP contribution in [0.3, 0.4) is 0 Å². The molecule has 1 aromatic carbocycles. The minimum atomic E-state index is -0.579. The number of benzene rings is 1. The topological polar surface area (TPSA) is 61.9 Å². The van der Waals surface area contributed by atoms with Crippen molar-refractivity contribution in [2.24, 2.45) is 0 Å². The Hall–Kier alpha value is -2.08. The van der Waals surface area contributed by atoms with E-state index in [9.17, 15) is 9.59 Å². The number of nitrogens with one attached hydrogen (secondary N) is 1. The normalized spacial score (nSPS) is 19.2. The SMILES string of the molecule is C[C@@H](c1ccc(N2CC[C@H](NC(=O)OC(C)(C)C)C2=O)cc1)N(C)C. The van der Waals surface area contributed by atoms with Gasteiger partial charge in [-0.2, -0.15) is 0 Å². The highest BCUT2D eigenvalue weighted by atomic mass is 16.6. The molecule has 0 unspecified atom stereocenters. The van der Waals surface area contributed by atoms with Crippen molar-refractivity contribution in [2.45, 2.75) is 51.8 Å². The van der Waals surface area contributed by atoms with Gasteiger partial charge in [-0.05, 0) is 65.9 Å². The molecule has 1 fully saturated rings. The van der Waals surface area contributed by atoms with Crippen molar-refractivity contribution in [2.75, 3.05) is 25.5 Å². The summed E-state index contributed by atoms with van der Waals surface area (Å²) in [6, 6.07) is 7.79. The molecule has 0 aliphatic carbocycles. The molecule has 0 bridgehead atoms. The van der Waals surface area contributed by atoms with Crippen LogP contribution in [0.25, 0.3) is 0 Å². The molecule has 1 heterocycles. The highest BCUT2D eigenvalue weighted by molar-refractivity contribution is 6.00. The Bertz CT molecular complexity index is 620. The molecule has 138 valence electrons. The van der Waals surface area contributed by atoms with Crippen LogP contribution >= 0.6 is 0 Å². The van der Waals surface area contributed by atoms with E-state index in [0.717, 1.165) is 5.69 Å². The van der Waals surface area contributed by atoms with Crippen molar-refractivity contribution in [3.63, 3.8) is 0 Å². The van der Waals surface area contributed by atoms with E-state index in [4.69, 9.17) is 4.74 Å². The number of amides is 2. The summed E-state index contributed by atoms with van der Waals surface area (Å²) in [6.07, 6.45) is 0.0244. The van der Waals surface area contributed by atoms with E-state index in [-0.39, 0.29) is 5.91 Å². The van der Waals surface area contributed by atoms with Gasteiger partial charge in [-0.25, -0.2) is 4.79 Å². The monoisotopic (exact) mass is 347 g/mol. The smallest absolute Gasteiger partial charge is 0.408 e. The van der Waals surface area contributed by atoms with Crippen LogP contribution in [0, 0.1) is 0 Å². The zero-order valence-corrected chi connectivity index (χ0v) is 16.0. The van der Waals surface area contributed by atoms with Crippen molar-refractivity contribution in [3.8, 4) is 0 Å². The van der Waals surface area contributed by atoms with E-state index < -0.39 is 17.7 Å². The van der Waals surface area contributed by atoms with Crippen LogP contribution in [0.15, 0.2) is 24.3 Å². The Balaban J connectivity index is 2.00. The van der Waals surface area contributed by atoms with Gasteiger partial charge in [0.25, 0.3) is 0 Å². The molecule has 1 aromatic rings. The Morgan fingerprint density at radius 2 is 1.88 bits per heavy atom. The van der Waals surface area contributed by atoms with Crippen LogP contribution < -0.4 is 10.2 Å². The molecule has 0 aromatic heterocycles. The summed E-state index contributed by atoms with van der Waals surface area (Å²) in [4.78, 5) is 28.3. The molecular weight excluding hydrogens is 318 g/mol. The summed E-state index contributed by atoms with van der Waals surface area (Å²) in [5, 5.41) is 2.67.